The molecule has 1 aliphatic rings. The zero-order valence-corrected chi connectivity index (χ0v) is 17.5. The van der Waals surface area contributed by atoms with Crippen LogP contribution in [0.1, 0.15) is 42.8 Å². The van der Waals surface area contributed by atoms with Crippen molar-refractivity contribution in [1.29, 1.82) is 0 Å². The van der Waals surface area contributed by atoms with Gasteiger partial charge in [0, 0.05) is 12.1 Å². The number of likely N-dealkylation sites (tertiary alicyclic amines) is 1. The maximum Gasteiger partial charge on any atom is 0.241 e. The first-order valence-corrected chi connectivity index (χ1v) is 10.6. The van der Waals surface area contributed by atoms with E-state index in [-0.39, 0.29) is 17.9 Å². The molecule has 2 unspecified atom stereocenters. The van der Waals surface area contributed by atoms with Gasteiger partial charge in [-0.15, -0.1) is 0 Å². The van der Waals surface area contributed by atoms with Gasteiger partial charge in [-0.05, 0) is 38.8 Å². The summed E-state index contributed by atoms with van der Waals surface area (Å²) >= 11 is 0. The Bertz CT molecular complexity index is 968. The summed E-state index contributed by atoms with van der Waals surface area (Å²) in [4.78, 5) is 19.6. The van der Waals surface area contributed by atoms with Crippen molar-refractivity contribution in [3.8, 4) is 11.4 Å². The van der Waals surface area contributed by atoms with Gasteiger partial charge < -0.3 is 9.84 Å². The van der Waals surface area contributed by atoms with E-state index in [1.165, 1.54) is 5.56 Å². The zero-order valence-electron chi connectivity index (χ0n) is 17.5. The van der Waals surface area contributed by atoms with Crippen LogP contribution in [-0.4, -0.2) is 34.0 Å². The fourth-order valence-corrected chi connectivity index (χ4v) is 3.90. The highest BCUT2D eigenvalue weighted by Crippen LogP contribution is 2.22. The van der Waals surface area contributed by atoms with Crippen LogP contribution in [0.4, 0.5) is 0 Å². The highest BCUT2D eigenvalue weighted by Gasteiger charge is 2.27. The molecule has 3 aromatic rings. The summed E-state index contributed by atoms with van der Waals surface area (Å²) in [5.41, 5.74) is 3.26. The Balaban J connectivity index is 1.34. The Hall–Kier alpha value is -2.99. The minimum atomic E-state index is -0.0237. The van der Waals surface area contributed by atoms with E-state index >= 15 is 0 Å². The van der Waals surface area contributed by atoms with Crippen molar-refractivity contribution in [3.63, 3.8) is 0 Å². The van der Waals surface area contributed by atoms with Crippen molar-refractivity contribution in [2.24, 2.45) is 5.92 Å². The quantitative estimate of drug-likeness (QED) is 0.669. The molecule has 2 aromatic carbocycles. The molecule has 1 aliphatic heterocycles. The standard InChI is InChI=1S/C24H28N4O2/c1-17-10-12-20(13-11-17)23-26-22(30-27-23)16-28-14-6-9-21(15-28)24(29)25-18(2)19-7-4-3-5-8-19/h3-5,7-8,10-13,18,21H,6,9,14-16H2,1-2H3,(H,25,29). The fourth-order valence-electron chi connectivity index (χ4n) is 3.90. The van der Waals surface area contributed by atoms with Gasteiger partial charge in [0.05, 0.1) is 18.5 Å². The van der Waals surface area contributed by atoms with Gasteiger partial charge in [0.15, 0.2) is 0 Å². The predicted octanol–water partition coefficient (Wildman–Crippen LogP) is 4.13. The smallest absolute Gasteiger partial charge is 0.241 e. The molecule has 1 fully saturated rings. The van der Waals surface area contributed by atoms with Crippen molar-refractivity contribution in [3.05, 3.63) is 71.6 Å². The van der Waals surface area contributed by atoms with Gasteiger partial charge in [-0.1, -0.05) is 65.3 Å². The molecule has 6 nitrogen and oxygen atoms in total. The van der Waals surface area contributed by atoms with Crippen LogP contribution in [0.25, 0.3) is 11.4 Å². The number of nitrogens with one attached hydrogen (secondary N) is 1. The number of rotatable bonds is 6. The van der Waals surface area contributed by atoms with Crippen LogP contribution in [0, 0.1) is 12.8 Å². The number of aryl methyl sites for hydroxylation is 1. The molecule has 6 heteroatoms. The second kappa shape index (κ2) is 9.22. The highest BCUT2D eigenvalue weighted by molar-refractivity contribution is 5.79. The van der Waals surface area contributed by atoms with Crippen LogP contribution in [0.3, 0.4) is 0 Å². The van der Waals surface area contributed by atoms with Gasteiger partial charge in [0.25, 0.3) is 0 Å². The van der Waals surface area contributed by atoms with Gasteiger partial charge in [0.1, 0.15) is 0 Å². The summed E-state index contributed by atoms with van der Waals surface area (Å²) in [5, 5.41) is 7.28. The molecular weight excluding hydrogens is 376 g/mol. The van der Waals surface area contributed by atoms with E-state index in [0.717, 1.165) is 30.5 Å². The summed E-state index contributed by atoms with van der Waals surface area (Å²) in [7, 11) is 0. The monoisotopic (exact) mass is 404 g/mol. The minimum Gasteiger partial charge on any atom is -0.349 e. The number of nitrogens with zero attached hydrogens (tertiary/aromatic N) is 3. The van der Waals surface area contributed by atoms with Crippen molar-refractivity contribution < 1.29 is 9.32 Å². The van der Waals surface area contributed by atoms with E-state index < -0.39 is 0 Å². The summed E-state index contributed by atoms with van der Waals surface area (Å²) in [6, 6.07) is 18.1. The number of amides is 1. The highest BCUT2D eigenvalue weighted by atomic mass is 16.5. The number of hydrogen-bond donors (Lipinski definition) is 1. The first-order chi connectivity index (χ1) is 14.6. The number of aromatic nitrogens is 2. The first kappa shape index (κ1) is 20.3. The lowest BCUT2D eigenvalue weighted by atomic mass is 9.96. The number of carbonyl (C=O) groups is 1. The van der Waals surface area contributed by atoms with Gasteiger partial charge >= 0.3 is 0 Å². The molecule has 0 radical (unpaired) electrons. The molecule has 0 spiro atoms. The summed E-state index contributed by atoms with van der Waals surface area (Å²) < 4.78 is 5.47. The SMILES string of the molecule is Cc1ccc(-c2noc(CN3CCCC(C(=O)NC(C)c4ccccc4)C3)n2)cc1. The second-order valence-electron chi connectivity index (χ2n) is 8.09. The zero-order chi connectivity index (χ0) is 20.9. The minimum absolute atomic E-state index is 0.00193. The molecule has 156 valence electrons. The van der Waals surface area contributed by atoms with Crippen LogP contribution in [0.5, 0.6) is 0 Å². The summed E-state index contributed by atoms with van der Waals surface area (Å²) in [6.45, 7) is 6.28. The normalized spacial score (nSPS) is 18.1. The number of benzene rings is 2. The lowest BCUT2D eigenvalue weighted by molar-refractivity contribution is -0.127. The molecular formula is C24H28N4O2. The van der Waals surface area contributed by atoms with E-state index in [4.69, 9.17) is 4.52 Å². The van der Waals surface area contributed by atoms with E-state index in [2.05, 4.69) is 27.3 Å². The van der Waals surface area contributed by atoms with Crippen LogP contribution in [0.2, 0.25) is 0 Å². The van der Waals surface area contributed by atoms with Crippen LogP contribution in [-0.2, 0) is 11.3 Å². The van der Waals surface area contributed by atoms with Gasteiger partial charge in [-0.3, -0.25) is 9.69 Å². The predicted molar refractivity (Wildman–Crippen MR) is 115 cm³/mol. The Kier molecular flexibility index (Phi) is 6.23. The largest absolute Gasteiger partial charge is 0.349 e. The molecule has 1 aromatic heterocycles. The maximum absolute atomic E-state index is 12.8. The second-order valence-corrected chi connectivity index (χ2v) is 8.09. The van der Waals surface area contributed by atoms with Crippen molar-refractivity contribution in [1.82, 2.24) is 20.4 Å². The average Bonchev–Trinajstić information content (AvgIpc) is 3.23. The van der Waals surface area contributed by atoms with Gasteiger partial charge in [-0.25, -0.2) is 0 Å². The molecule has 2 atom stereocenters. The molecule has 0 aliphatic carbocycles. The van der Waals surface area contributed by atoms with Crippen LogP contribution >= 0.6 is 0 Å². The number of carbonyl (C=O) groups excluding carboxylic acids is 1. The Labute approximate surface area is 177 Å². The van der Waals surface area contributed by atoms with Crippen molar-refractivity contribution in [2.75, 3.05) is 13.1 Å². The third-order valence-electron chi connectivity index (χ3n) is 5.67. The molecule has 0 bridgehead atoms. The lowest BCUT2D eigenvalue weighted by Crippen LogP contribution is -2.43. The van der Waals surface area contributed by atoms with Crippen molar-refractivity contribution >= 4 is 5.91 Å². The maximum atomic E-state index is 12.8. The molecule has 4 rings (SSSR count). The van der Waals surface area contributed by atoms with Gasteiger partial charge in [0.2, 0.25) is 17.6 Å². The average molecular weight is 405 g/mol. The van der Waals surface area contributed by atoms with E-state index in [1.807, 2.05) is 61.5 Å². The summed E-state index contributed by atoms with van der Waals surface area (Å²) in [5.74, 6) is 1.28. The molecule has 2 heterocycles. The molecule has 30 heavy (non-hydrogen) atoms. The fraction of sp³-hybridized carbons (Fsp3) is 0.375. The number of piperidine rings is 1. The van der Waals surface area contributed by atoms with E-state index in [1.54, 1.807) is 0 Å². The third kappa shape index (κ3) is 4.94. The van der Waals surface area contributed by atoms with Crippen LogP contribution in [0.15, 0.2) is 59.1 Å². The topological polar surface area (TPSA) is 71.3 Å². The van der Waals surface area contributed by atoms with Crippen molar-refractivity contribution in [2.45, 2.75) is 39.3 Å². The molecule has 1 amide bonds. The Morgan fingerprint density at radius 2 is 1.97 bits per heavy atom. The van der Waals surface area contributed by atoms with E-state index in [9.17, 15) is 4.79 Å². The van der Waals surface area contributed by atoms with Crippen LogP contribution < -0.4 is 5.32 Å². The summed E-state index contributed by atoms with van der Waals surface area (Å²) in [6.07, 6.45) is 1.89. The lowest BCUT2D eigenvalue weighted by Gasteiger charge is -2.31. The molecule has 1 N–H and O–H groups in total. The number of hydrogen-bond acceptors (Lipinski definition) is 5. The Morgan fingerprint density at radius 3 is 2.73 bits per heavy atom. The first-order valence-electron chi connectivity index (χ1n) is 10.6. The third-order valence-corrected chi connectivity index (χ3v) is 5.67. The van der Waals surface area contributed by atoms with Gasteiger partial charge in [-0.2, -0.15) is 4.98 Å². The molecule has 0 saturated carbocycles. The molecule has 1 saturated heterocycles. The van der Waals surface area contributed by atoms with E-state index in [0.29, 0.717) is 24.8 Å². The Morgan fingerprint density at radius 1 is 1.20 bits per heavy atom.